The van der Waals surface area contributed by atoms with Crippen LogP contribution < -0.4 is 5.32 Å². The Hall–Kier alpha value is -0.610. The van der Waals surface area contributed by atoms with Gasteiger partial charge >= 0.3 is 0 Å². The maximum Gasteiger partial charge on any atom is 0.147 e. The Labute approximate surface area is 121 Å². The molecular formula is C15H19BrFNO. The molecule has 104 valence electrons. The van der Waals surface area contributed by atoms with Crippen LogP contribution in [-0.2, 0) is 4.74 Å². The topological polar surface area (TPSA) is 21.3 Å². The van der Waals surface area contributed by atoms with E-state index in [1.807, 2.05) is 13.0 Å². The summed E-state index contributed by atoms with van der Waals surface area (Å²) in [5.74, 6) is -0.191. The number of nitrogens with one attached hydrogen (secondary N) is 1. The van der Waals surface area contributed by atoms with Gasteiger partial charge in [-0.05, 0) is 54.2 Å². The molecule has 1 aromatic rings. The molecule has 1 spiro atoms. The first-order valence-electron chi connectivity index (χ1n) is 6.99. The zero-order valence-electron chi connectivity index (χ0n) is 11.1. The van der Waals surface area contributed by atoms with Crippen molar-refractivity contribution in [2.24, 2.45) is 5.41 Å². The molecule has 2 nitrogen and oxygen atoms in total. The molecule has 0 saturated heterocycles. The fraction of sp³-hybridized carbons (Fsp3) is 0.600. The van der Waals surface area contributed by atoms with E-state index in [0.717, 1.165) is 17.5 Å². The second-order valence-electron chi connectivity index (χ2n) is 5.56. The van der Waals surface area contributed by atoms with Crippen LogP contribution in [0.2, 0.25) is 0 Å². The predicted molar refractivity (Wildman–Crippen MR) is 77.8 cm³/mol. The van der Waals surface area contributed by atoms with Crippen LogP contribution in [0.1, 0.15) is 32.6 Å². The Kier molecular flexibility index (Phi) is 3.56. The van der Waals surface area contributed by atoms with Crippen molar-refractivity contribution in [3.8, 4) is 0 Å². The highest BCUT2D eigenvalue weighted by Gasteiger charge is 2.59. The molecule has 2 aliphatic rings. The van der Waals surface area contributed by atoms with Gasteiger partial charge in [-0.3, -0.25) is 0 Å². The molecular weight excluding hydrogens is 309 g/mol. The van der Waals surface area contributed by atoms with Crippen molar-refractivity contribution in [2.75, 3.05) is 11.9 Å². The molecule has 0 aliphatic heterocycles. The summed E-state index contributed by atoms with van der Waals surface area (Å²) in [5, 5.41) is 3.39. The summed E-state index contributed by atoms with van der Waals surface area (Å²) >= 11 is 3.42. The van der Waals surface area contributed by atoms with Gasteiger partial charge in [0.1, 0.15) is 5.82 Å². The lowest BCUT2D eigenvalue weighted by molar-refractivity contribution is -0.157. The van der Waals surface area contributed by atoms with Crippen LogP contribution in [0.4, 0.5) is 10.1 Å². The van der Waals surface area contributed by atoms with E-state index in [9.17, 15) is 4.39 Å². The van der Waals surface area contributed by atoms with Crippen LogP contribution in [0, 0.1) is 11.2 Å². The zero-order chi connectivity index (χ0) is 13.5. The summed E-state index contributed by atoms with van der Waals surface area (Å²) in [6.45, 7) is 2.81. The van der Waals surface area contributed by atoms with Gasteiger partial charge in [0.15, 0.2) is 0 Å². The molecule has 2 fully saturated rings. The van der Waals surface area contributed by atoms with Gasteiger partial charge in [0, 0.05) is 22.5 Å². The summed E-state index contributed by atoms with van der Waals surface area (Å²) in [6.07, 6.45) is 4.99. The van der Waals surface area contributed by atoms with Crippen molar-refractivity contribution in [1.82, 2.24) is 0 Å². The van der Waals surface area contributed by atoms with Crippen molar-refractivity contribution >= 4 is 21.6 Å². The van der Waals surface area contributed by atoms with Crippen molar-refractivity contribution in [3.63, 3.8) is 0 Å². The quantitative estimate of drug-likeness (QED) is 0.887. The number of anilines is 1. The minimum Gasteiger partial charge on any atom is -0.378 e. The Morgan fingerprint density at radius 2 is 2.26 bits per heavy atom. The third-order valence-electron chi connectivity index (χ3n) is 4.72. The van der Waals surface area contributed by atoms with E-state index in [1.165, 1.54) is 25.3 Å². The van der Waals surface area contributed by atoms with E-state index in [4.69, 9.17) is 4.74 Å². The third-order valence-corrected chi connectivity index (χ3v) is 5.38. The molecule has 1 N–H and O–H groups in total. The fourth-order valence-electron chi connectivity index (χ4n) is 3.45. The molecule has 0 aromatic heterocycles. The van der Waals surface area contributed by atoms with E-state index in [2.05, 4.69) is 21.2 Å². The van der Waals surface area contributed by atoms with E-state index < -0.39 is 0 Å². The average molecular weight is 328 g/mol. The highest BCUT2D eigenvalue weighted by Crippen LogP contribution is 2.58. The SMILES string of the molecule is CCOC1CC(Nc2c(F)cccc2Br)C12CCC2. The number of hydrogen-bond acceptors (Lipinski definition) is 2. The standard InChI is InChI=1S/C15H19BrFNO/c1-2-19-13-9-12(15(13)7-4-8-15)18-14-10(16)5-3-6-11(14)17/h3,5-6,12-13,18H,2,4,7-9H2,1H3. The first-order valence-corrected chi connectivity index (χ1v) is 7.79. The molecule has 2 saturated carbocycles. The first kappa shape index (κ1) is 13.4. The molecule has 0 bridgehead atoms. The van der Waals surface area contributed by atoms with Gasteiger partial charge in [0.05, 0.1) is 11.8 Å². The van der Waals surface area contributed by atoms with Gasteiger partial charge in [-0.25, -0.2) is 4.39 Å². The van der Waals surface area contributed by atoms with Crippen molar-refractivity contribution in [3.05, 3.63) is 28.5 Å². The number of benzene rings is 1. The maximum absolute atomic E-state index is 13.9. The summed E-state index contributed by atoms with van der Waals surface area (Å²) in [4.78, 5) is 0. The van der Waals surface area contributed by atoms with E-state index >= 15 is 0 Å². The van der Waals surface area contributed by atoms with Crippen LogP contribution in [-0.4, -0.2) is 18.8 Å². The first-order chi connectivity index (χ1) is 9.17. The minimum absolute atomic E-state index is 0.191. The van der Waals surface area contributed by atoms with E-state index in [-0.39, 0.29) is 11.2 Å². The van der Waals surface area contributed by atoms with Gasteiger partial charge < -0.3 is 10.1 Å². The zero-order valence-corrected chi connectivity index (χ0v) is 12.7. The molecule has 0 amide bonds. The van der Waals surface area contributed by atoms with E-state index in [0.29, 0.717) is 17.8 Å². The molecule has 0 radical (unpaired) electrons. The predicted octanol–water partition coefficient (Wildman–Crippen LogP) is 4.35. The van der Waals surface area contributed by atoms with Gasteiger partial charge in [-0.15, -0.1) is 0 Å². The van der Waals surface area contributed by atoms with E-state index in [1.54, 1.807) is 6.07 Å². The molecule has 19 heavy (non-hydrogen) atoms. The van der Waals surface area contributed by atoms with Gasteiger partial charge in [0.2, 0.25) is 0 Å². The molecule has 2 unspecified atom stereocenters. The highest BCUT2D eigenvalue weighted by molar-refractivity contribution is 9.10. The maximum atomic E-state index is 13.9. The average Bonchev–Trinajstić information content (AvgIpc) is 2.29. The lowest BCUT2D eigenvalue weighted by Gasteiger charge is -2.61. The molecule has 3 rings (SSSR count). The Morgan fingerprint density at radius 3 is 2.84 bits per heavy atom. The summed E-state index contributed by atoms with van der Waals surface area (Å²) in [5.41, 5.74) is 0.839. The molecule has 4 heteroatoms. The number of rotatable bonds is 4. The largest absolute Gasteiger partial charge is 0.378 e. The normalized spacial score (nSPS) is 27.7. The Bertz CT molecular complexity index is 455. The lowest BCUT2D eigenvalue weighted by atomic mass is 9.51. The van der Waals surface area contributed by atoms with Gasteiger partial charge in [-0.1, -0.05) is 12.5 Å². The van der Waals surface area contributed by atoms with Gasteiger partial charge in [-0.2, -0.15) is 0 Å². The second-order valence-corrected chi connectivity index (χ2v) is 6.41. The summed E-state index contributed by atoms with van der Waals surface area (Å²) in [6, 6.07) is 5.43. The molecule has 2 aliphatic carbocycles. The van der Waals surface area contributed by atoms with Crippen molar-refractivity contribution in [1.29, 1.82) is 0 Å². The smallest absolute Gasteiger partial charge is 0.147 e. The number of halogens is 2. The molecule has 0 heterocycles. The Balaban J connectivity index is 1.75. The fourth-order valence-corrected chi connectivity index (χ4v) is 3.91. The van der Waals surface area contributed by atoms with Crippen LogP contribution in [0.3, 0.4) is 0 Å². The second kappa shape index (κ2) is 5.06. The number of hydrogen-bond donors (Lipinski definition) is 1. The minimum atomic E-state index is -0.191. The summed E-state index contributed by atoms with van der Waals surface area (Å²) < 4.78 is 20.5. The Morgan fingerprint density at radius 1 is 1.47 bits per heavy atom. The van der Waals surface area contributed by atoms with Crippen LogP contribution in [0.25, 0.3) is 0 Å². The van der Waals surface area contributed by atoms with Crippen LogP contribution in [0.15, 0.2) is 22.7 Å². The van der Waals surface area contributed by atoms with Crippen LogP contribution >= 0.6 is 15.9 Å². The monoisotopic (exact) mass is 327 g/mol. The number of ether oxygens (including phenoxy) is 1. The van der Waals surface area contributed by atoms with Gasteiger partial charge in [0.25, 0.3) is 0 Å². The third kappa shape index (κ3) is 2.09. The summed E-state index contributed by atoms with van der Waals surface area (Å²) in [7, 11) is 0. The lowest BCUT2D eigenvalue weighted by Crippen LogP contribution is -2.64. The van der Waals surface area contributed by atoms with Crippen LogP contribution in [0.5, 0.6) is 0 Å². The van der Waals surface area contributed by atoms with Crippen molar-refractivity contribution < 1.29 is 9.13 Å². The molecule has 2 atom stereocenters. The van der Waals surface area contributed by atoms with Crippen molar-refractivity contribution in [2.45, 2.75) is 44.8 Å². The highest BCUT2D eigenvalue weighted by atomic mass is 79.9. The molecule has 1 aromatic carbocycles. The number of para-hydroxylation sites is 1.